The quantitative estimate of drug-likeness (QED) is 0.103. The molecule has 0 N–H and O–H groups in total. The molecule has 38 heavy (non-hydrogen) atoms. The molecule has 0 heterocycles. The van der Waals surface area contributed by atoms with Crippen molar-refractivity contribution in [2.75, 3.05) is 13.2 Å². The van der Waals surface area contributed by atoms with Crippen LogP contribution >= 0.6 is 0 Å². The molecule has 198 valence electrons. The highest BCUT2D eigenvalue weighted by Crippen LogP contribution is 2.18. The fourth-order valence-electron chi connectivity index (χ4n) is 3.97. The lowest BCUT2D eigenvalue weighted by Gasteiger charge is -2.08. The zero-order valence-electron chi connectivity index (χ0n) is 22.1. The molecule has 3 rings (SSSR count). The topological polar surface area (TPSA) is 68.6 Å². The fourth-order valence-corrected chi connectivity index (χ4v) is 3.97. The maximum absolute atomic E-state index is 12.3. The van der Waals surface area contributed by atoms with E-state index in [4.69, 9.17) is 19.5 Å². The lowest BCUT2D eigenvalue weighted by molar-refractivity contribution is 0.0734. The number of esters is 1. The van der Waals surface area contributed by atoms with E-state index in [1.165, 1.54) is 38.5 Å². The van der Waals surface area contributed by atoms with Gasteiger partial charge in [0.1, 0.15) is 17.2 Å². The largest absolute Gasteiger partial charge is 0.494 e. The van der Waals surface area contributed by atoms with Gasteiger partial charge in [0.2, 0.25) is 0 Å². The van der Waals surface area contributed by atoms with E-state index in [1.54, 1.807) is 48.5 Å². The maximum atomic E-state index is 12.3. The van der Waals surface area contributed by atoms with Gasteiger partial charge in [-0.3, -0.25) is 0 Å². The second-order valence-electron chi connectivity index (χ2n) is 9.20. The van der Waals surface area contributed by atoms with E-state index in [1.807, 2.05) is 36.4 Å². The summed E-state index contributed by atoms with van der Waals surface area (Å²) in [6.07, 6.45) is 12.7. The van der Waals surface area contributed by atoms with E-state index in [0.29, 0.717) is 23.5 Å². The second kappa shape index (κ2) is 16.7. The van der Waals surface area contributed by atoms with E-state index >= 15 is 0 Å². The van der Waals surface area contributed by atoms with Crippen molar-refractivity contribution in [3.63, 3.8) is 0 Å². The molecule has 3 aromatic carbocycles. The summed E-state index contributed by atoms with van der Waals surface area (Å²) in [7, 11) is 0. The summed E-state index contributed by atoms with van der Waals surface area (Å²) in [5, 5.41) is 8.84. The van der Waals surface area contributed by atoms with Gasteiger partial charge in [-0.15, -0.1) is 0 Å². The van der Waals surface area contributed by atoms with Gasteiger partial charge in [-0.05, 0) is 79.1 Å². The third-order valence-electron chi connectivity index (χ3n) is 6.23. The Morgan fingerprint density at radius 2 is 1.11 bits per heavy atom. The number of hydrogen-bond donors (Lipinski definition) is 0. The van der Waals surface area contributed by atoms with Crippen LogP contribution in [0.4, 0.5) is 0 Å². The van der Waals surface area contributed by atoms with Crippen LogP contribution in [0.25, 0.3) is 6.08 Å². The van der Waals surface area contributed by atoms with Crippen molar-refractivity contribution in [2.24, 2.45) is 0 Å². The average molecular weight is 512 g/mol. The van der Waals surface area contributed by atoms with Crippen LogP contribution in [0.2, 0.25) is 0 Å². The molecular formula is C33H37NO4. The first-order chi connectivity index (χ1) is 18.7. The summed E-state index contributed by atoms with van der Waals surface area (Å²) in [5.41, 5.74) is 2.08. The van der Waals surface area contributed by atoms with Crippen molar-refractivity contribution in [3.8, 4) is 23.3 Å². The van der Waals surface area contributed by atoms with Crippen molar-refractivity contribution in [2.45, 2.75) is 57.8 Å². The lowest BCUT2D eigenvalue weighted by atomic mass is 10.1. The molecule has 0 spiro atoms. The minimum Gasteiger partial charge on any atom is -0.494 e. The van der Waals surface area contributed by atoms with Crippen LogP contribution in [0, 0.1) is 11.3 Å². The maximum Gasteiger partial charge on any atom is 0.343 e. The number of ether oxygens (including phenoxy) is 3. The van der Waals surface area contributed by atoms with E-state index in [-0.39, 0.29) is 0 Å². The summed E-state index contributed by atoms with van der Waals surface area (Å²) in [6, 6.07) is 23.5. The summed E-state index contributed by atoms with van der Waals surface area (Å²) < 4.78 is 16.9. The molecule has 0 atom stereocenters. The minimum atomic E-state index is -0.440. The van der Waals surface area contributed by atoms with Crippen molar-refractivity contribution in [1.29, 1.82) is 5.26 Å². The van der Waals surface area contributed by atoms with Crippen molar-refractivity contribution >= 4 is 12.0 Å². The van der Waals surface area contributed by atoms with Gasteiger partial charge in [0.15, 0.2) is 0 Å². The molecule has 0 radical (unpaired) electrons. The number of rotatable bonds is 17. The van der Waals surface area contributed by atoms with Crippen LogP contribution in [0.3, 0.4) is 0 Å². The predicted octanol–water partition coefficient (Wildman–Crippen LogP) is 8.39. The molecule has 0 fully saturated rings. The molecule has 0 saturated carbocycles. The molecule has 5 heteroatoms. The molecule has 0 amide bonds. The number of nitriles is 1. The Balaban J connectivity index is 1.15. The molecule has 0 bridgehead atoms. The summed E-state index contributed by atoms with van der Waals surface area (Å²) >= 11 is 0. The smallest absolute Gasteiger partial charge is 0.343 e. The molecule has 0 aliphatic heterocycles. The van der Waals surface area contributed by atoms with Gasteiger partial charge in [0, 0.05) is 0 Å². The highest BCUT2D eigenvalue weighted by atomic mass is 16.5. The van der Waals surface area contributed by atoms with Crippen molar-refractivity contribution in [1.82, 2.24) is 0 Å². The Morgan fingerprint density at radius 1 is 0.658 bits per heavy atom. The third-order valence-corrected chi connectivity index (χ3v) is 6.23. The van der Waals surface area contributed by atoms with Gasteiger partial charge >= 0.3 is 5.97 Å². The standard InChI is InChI=1S/C33H37NO4/c1-2-27-12-18-30(19-13-27)36-24-10-8-6-4-3-5-7-9-11-25-37-31-22-16-29(17-23-31)33(35)38-32-20-14-28(26-34)15-21-32/h2,12-23H,1,3-11,24-25H2. The lowest BCUT2D eigenvalue weighted by Crippen LogP contribution is -2.08. The number of hydrogen-bond acceptors (Lipinski definition) is 5. The van der Waals surface area contributed by atoms with Gasteiger partial charge in [-0.25, -0.2) is 4.79 Å². The normalized spacial score (nSPS) is 10.4. The summed E-state index contributed by atoms with van der Waals surface area (Å²) in [5.74, 6) is 1.64. The number of unbranched alkanes of at least 4 members (excludes halogenated alkanes) is 8. The molecule has 5 nitrogen and oxygen atoms in total. The molecule has 0 aliphatic rings. The molecule has 0 aromatic heterocycles. The first-order valence-corrected chi connectivity index (χ1v) is 13.5. The van der Waals surface area contributed by atoms with E-state index in [9.17, 15) is 4.79 Å². The number of carbonyl (C=O) groups excluding carboxylic acids is 1. The van der Waals surface area contributed by atoms with Crippen LogP contribution in [0.5, 0.6) is 17.2 Å². The number of benzene rings is 3. The predicted molar refractivity (Wildman–Crippen MR) is 152 cm³/mol. The molecule has 3 aromatic rings. The number of carbonyl (C=O) groups is 1. The minimum absolute atomic E-state index is 0.408. The van der Waals surface area contributed by atoms with E-state index in [0.717, 1.165) is 42.9 Å². The van der Waals surface area contributed by atoms with Crippen molar-refractivity contribution in [3.05, 3.63) is 96.1 Å². The first-order valence-electron chi connectivity index (χ1n) is 13.5. The monoisotopic (exact) mass is 511 g/mol. The van der Waals surface area contributed by atoms with Crippen LogP contribution in [0.1, 0.15) is 79.3 Å². The highest BCUT2D eigenvalue weighted by Gasteiger charge is 2.09. The van der Waals surface area contributed by atoms with Crippen LogP contribution in [-0.4, -0.2) is 19.2 Å². The molecular weight excluding hydrogens is 474 g/mol. The highest BCUT2D eigenvalue weighted by molar-refractivity contribution is 5.91. The Hall–Kier alpha value is -4.04. The van der Waals surface area contributed by atoms with E-state index in [2.05, 4.69) is 6.58 Å². The Bertz CT molecular complexity index is 1150. The first kappa shape index (κ1) is 28.5. The van der Waals surface area contributed by atoms with E-state index < -0.39 is 5.97 Å². The molecule has 0 unspecified atom stereocenters. The SMILES string of the molecule is C=Cc1ccc(OCCCCCCCCCCCOc2ccc(C(=O)Oc3ccc(C#N)cc3)cc2)cc1. The summed E-state index contributed by atoms with van der Waals surface area (Å²) in [4.78, 5) is 12.3. The van der Waals surface area contributed by atoms with Crippen LogP contribution in [-0.2, 0) is 0 Å². The van der Waals surface area contributed by atoms with Crippen molar-refractivity contribution < 1.29 is 19.0 Å². The Labute approximate surface area is 226 Å². The van der Waals surface area contributed by atoms with Gasteiger partial charge in [-0.1, -0.05) is 69.7 Å². The van der Waals surface area contributed by atoms with Gasteiger partial charge in [0.05, 0.1) is 30.4 Å². The van der Waals surface area contributed by atoms with Gasteiger partial charge < -0.3 is 14.2 Å². The Kier molecular flexibility index (Phi) is 12.5. The van der Waals surface area contributed by atoms with Gasteiger partial charge in [-0.2, -0.15) is 5.26 Å². The fraction of sp³-hybridized carbons (Fsp3) is 0.333. The summed E-state index contributed by atoms with van der Waals surface area (Å²) in [6.45, 7) is 5.21. The van der Waals surface area contributed by atoms with Crippen LogP contribution < -0.4 is 14.2 Å². The molecule has 0 aliphatic carbocycles. The average Bonchev–Trinajstić information content (AvgIpc) is 2.96. The van der Waals surface area contributed by atoms with Gasteiger partial charge in [0.25, 0.3) is 0 Å². The zero-order valence-corrected chi connectivity index (χ0v) is 22.1. The number of nitrogens with zero attached hydrogens (tertiary/aromatic N) is 1. The second-order valence-corrected chi connectivity index (χ2v) is 9.20. The van der Waals surface area contributed by atoms with Crippen LogP contribution in [0.15, 0.2) is 79.4 Å². The Morgan fingerprint density at radius 3 is 1.58 bits per heavy atom. The zero-order chi connectivity index (χ0) is 26.8. The third kappa shape index (κ3) is 10.5. The molecule has 0 saturated heterocycles.